The molecule has 0 aromatic carbocycles. The topological polar surface area (TPSA) is 86.8 Å². The van der Waals surface area contributed by atoms with Crippen molar-refractivity contribution in [2.24, 2.45) is 0 Å². The van der Waals surface area contributed by atoms with Gasteiger partial charge >= 0.3 is 0 Å². The Morgan fingerprint density at radius 2 is 2.24 bits per heavy atom. The predicted molar refractivity (Wildman–Crippen MR) is 79.9 cm³/mol. The molecule has 0 aliphatic rings. The molecule has 1 amide bonds. The molecule has 7 nitrogen and oxygen atoms in total. The number of nitrogens with zero attached hydrogens (tertiary/aromatic N) is 4. The summed E-state index contributed by atoms with van der Waals surface area (Å²) < 4.78 is 0. The maximum atomic E-state index is 12.6. The maximum absolute atomic E-state index is 12.6. The van der Waals surface area contributed by atoms with Gasteiger partial charge in [-0.3, -0.25) is 14.9 Å². The highest BCUT2D eigenvalue weighted by Gasteiger charge is 2.17. The van der Waals surface area contributed by atoms with Crippen molar-refractivity contribution in [3.63, 3.8) is 0 Å². The third-order valence-corrected chi connectivity index (χ3v) is 3.04. The Morgan fingerprint density at radius 1 is 1.43 bits per heavy atom. The van der Waals surface area contributed by atoms with Crippen LogP contribution in [0.1, 0.15) is 35.2 Å². The zero-order valence-electron chi connectivity index (χ0n) is 12.6. The number of aromatic amines is 1. The molecule has 0 aliphatic heterocycles. The van der Waals surface area contributed by atoms with Gasteiger partial charge in [0.1, 0.15) is 12.2 Å². The molecular weight excluding hydrogens is 268 g/mol. The first kappa shape index (κ1) is 15.0. The number of rotatable bonds is 6. The van der Waals surface area contributed by atoms with Crippen molar-refractivity contribution in [3.8, 4) is 0 Å². The largest absolute Gasteiger partial charge is 0.384 e. The van der Waals surface area contributed by atoms with E-state index < -0.39 is 0 Å². The number of aromatic nitrogens is 4. The van der Waals surface area contributed by atoms with Crippen LogP contribution >= 0.6 is 0 Å². The minimum Gasteiger partial charge on any atom is -0.384 e. The lowest BCUT2D eigenvalue weighted by Crippen LogP contribution is -2.28. The molecule has 0 unspecified atom stereocenters. The quantitative estimate of drug-likeness (QED) is 0.843. The molecule has 0 aliphatic carbocycles. The van der Waals surface area contributed by atoms with Crippen LogP contribution < -0.4 is 5.32 Å². The lowest BCUT2D eigenvalue weighted by atomic mass is 10.2. The van der Waals surface area contributed by atoms with Crippen molar-refractivity contribution in [3.05, 3.63) is 35.7 Å². The average molecular weight is 288 g/mol. The summed E-state index contributed by atoms with van der Waals surface area (Å²) in [6, 6.07) is 1.89. The van der Waals surface area contributed by atoms with Gasteiger partial charge in [0.15, 0.2) is 0 Å². The summed E-state index contributed by atoms with van der Waals surface area (Å²) in [4.78, 5) is 22.4. The second-order valence-corrected chi connectivity index (χ2v) is 4.89. The van der Waals surface area contributed by atoms with E-state index in [2.05, 4.69) is 32.4 Å². The van der Waals surface area contributed by atoms with Gasteiger partial charge < -0.3 is 10.2 Å². The third-order valence-electron chi connectivity index (χ3n) is 3.04. The Labute approximate surface area is 123 Å². The zero-order chi connectivity index (χ0) is 15.2. The minimum atomic E-state index is -0.0995. The second kappa shape index (κ2) is 6.83. The number of pyridine rings is 1. The molecule has 112 valence electrons. The van der Waals surface area contributed by atoms with Crippen LogP contribution in [-0.4, -0.2) is 44.6 Å². The van der Waals surface area contributed by atoms with Gasteiger partial charge in [0.05, 0.1) is 17.8 Å². The SMILES string of the molecule is CCCNc1cc(C)ncc1C(=O)N(C)Cc1ncn[nH]1. The first-order valence-corrected chi connectivity index (χ1v) is 6.92. The fourth-order valence-electron chi connectivity index (χ4n) is 1.95. The smallest absolute Gasteiger partial charge is 0.257 e. The lowest BCUT2D eigenvalue weighted by molar-refractivity contribution is 0.0782. The first-order valence-electron chi connectivity index (χ1n) is 6.92. The molecule has 2 aromatic rings. The van der Waals surface area contributed by atoms with E-state index in [0.29, 0.717) is 17.9 Å². The first-order chi connectivity index (χ1) is 10.1. The van der Waals surface area contributed by atoms with E-state index in [-0.39, 0.29) is 5.91 Å². The van der Waals surface area contributed by atoms with Crippen LogP contribution in [0.3, 0.4) is 0 Å². The van der Waals surface area contributed by atoms with Crippen LogP contribution in [0.2, 0.25) is 0 Å². The van der Waals surface area contributed by atoms with E-state index in [1.165, 1.54) is 6.33 Å². The van der Waals surface area contributed by atoms with E-state index in [1.54, 1.807) is 18.1 Å². The molecule has 0 spiro atoms. The van der Waals surface area contributed by atoms with Crippen LogP contribution in [-0.2, 0) is 6.54 Å². The molecular formula is C14H20N6O. The molecule has 0 radical (unpaired) electrons. The normalized spacial score (nSPS) is 10.4. The van der Waals surface area contributed by atoms with Crippen molar-refractivity contribution in [1.29, 1.82) is 0 Å². The number of carbonyl (C=O) groups excluding carboxylic acids is 1. The summed E-state index contributed by atoms with van der Waals surface area (Å²) in [6.07, 6.45) is 4.03. The van der Waals surface area contributed by atoms with Crippen molar-refractivity contribution >= 4 is 11.6 Å². The van der Waals surface area contributed by atoms with Crippen molar-refractivity contribution in [2.45, 2.75) is 26.8 Å². The molecule has 7 heteroatoms. The molecule has 0 fully saturated rings. The second-order valence-electron chi connectivity index (χ2n) is 4.89. The fraction of sp³-hybridized carbons (Fsp3) is 0.429. The van der Waals surface area contributed by atoms with Gasteiger partial charge in [-0.15, -0.1) is 0 Å². The van der Waals surface area contributed by atoms with E-state index >= 15 is 0 Å². The number of carbonyl (C=O) groups is 1. The molecule has 21 heavy (non-hydrogen) atoms. The van der Waals surface area contributed by atoms with Crippen molar-refractivity contribution in [2.75, 3.05) is 18.9 Å². The van der Waals surface area contributed by atoms with Crippen LogP contribution in [0.25, 0.3) is 0 Å². The molecule has 0 atom stereocenters. The number of aryl methyl sites for hydroxylation is 1. The highest BCUT2D eigenvalue weighted by molar-refractivity contribution is 5.99. The molecule has 2 aromatic heterocycles. The standard InChI is InChI=1S/C14H20N6O/c1-4-5-15-12-6-10(2)16-7-11(12)14(21)20(3)8-13-17-9-18-19-13/h6-7,9H,4-5,8H2,1-3H3,(H,15,16)(H,17,18,19). The molecule has 2 heterocycles. The summed E-state index contributed by atoms with van der Waals surface area (Å²) >= 11 is 0. The number of hydrogen-bond acceptors (Lipinski definition) is 5. The molecule has 0 bridgehead atoms. The molecule has 0 saturated heterocycles. The Morgan fingerprint density at radius 3 is 2.90 bits per heavy atom. The summed E-state index contributed by atoms with van der Waals surface area (Å²) in [5, 5.41) is 9.80. The summed E-state index contributed by atoms with van der Waals surface area (Å²) in [5.41, 5.74) is 2.26. The van der Waals surface area contributed by atoms with Gasteiger partial charge in [-0.1, -0.05) is 6.92 Å². The summed E-state index contributed by atoms with van der Waals surface area (Å²) in [7, 11) is 1.73. The van der Waals surface area contributed by atoms with Crippen LogP contribution in [0.4, 0.5) is 5.69 Å². The molecule has 0 saturated carbocycles. The Kier molecular flexibility index (Phi) is 4.86. The third kappa shape index (κ3) is 3.77. The van der Waals surface area contributed by atoms with Crippen LogP contribution in [0.15, 0.2) is 18.6 Å². The van der Waals surface area contributed by atoms with E-state index in [4.69, 9.17) is 0 Å². The predicted octanol–water partition coefficient (Wildman–Crippen LogP) is 1.60. The van der Waals surface area contributed by atoms with E-state index in [0.717, 1.165) is 24.3 Å². The Hall–Kier alpha value is -2.44. The van der Waals surface area contributed by atoms with Crippen molar-refractivity contribution in [1.82, 2.24) is 25.1 Å². The number of H-pyrrole nitrogens is 1. The summed E-state index contributed by atoms with van der Waals surface area (Å²) in [6.45, 7) is 5.18. The molecule has 2 N–H and O–H groups in total. The number of amides is 1. The summed E-state index contributed by atoms with van der Waals surface area (Å²) in [5.74, 6) is 0.548. The van der Waals surface area contributed by atoms with Crippen LogP contribution in [0.5, 0.6) is 0 Å². The van der Waals surface area contributed by atoms with Gasteiger partial charge in [0, 0.05) is 25.5 Å². The highest BCUT2D eigenvalue weighted by atomic mass is 16.2. The maximum Gasteiger partial charge on any atom is 0.257 e. The van der Waals surface area contributed by atoms with Crippen LogP contribution in [0, 0.1) is 6.92 Å². The average Bonchev–Trinajstić information content (AvgIpc) is 2.97. The highest BCUT2D eigenvalue weighted by Crippen LogP contribution is 2.18. The number of anilines is 1. The van der Waals surface area contributed by atoms with Crippen molar-refractivity contribution < 1.29 is 4.79 Å². The fourth-order valence-corrected chi connectivity index (χ4v) is 1.95. The number of nitrogens with one attached hydrogen (secondary N) is 2. The van der Waals surface area contributed by atoms with E-state index in [1.807, 2.05) is 13.0 Å². The Balaban J connectivity index is 2.17. The van der Waals surface area contributed by atoms with Gasteiger partial charge in [0.2, 0.25) is 0 Å². The van der Waals surface area contributed by atoms with Gasteiger partial charge in [0.25, 0.3) is 5.91 Å². The van der Waals surface area contributed by atoms with Gasteiger partial charge in [-0.25, -0.2) is 4.98 Å². The van der Waals surface area contributed by atoms with E-state index in [9.17, 15) is 4.79 Å². The zero-order valence-corrected chi connectivity index (χ0v) is 12.6. The van der Waals surface area contributed by atoms with Gasteiger partial charge in [-0.2, -0.15) is 5.10 Å². The molecule has 2 rings (SSSR count). The number of hydrogen-bond donors (Lipinski definition) is 2. The monoisotopic (exact) mass is 288 g/mol. The lowest BCUT2D eigenvalue weighted by Gasteiger charge is -2.18. The van der Waals surface area contributed by atoms with Gasteiger partial charge in [-0.05, 0) is 19.4 Å². The Bertz CT molecular complexity index is 596. The minimum absolute atomic E-state index is 0.0995.